The summed E-state index contributed by atoms with van der Waals surface area (Å²) < 4.78 is 5.29. The van der Waals surface area contributed by atoms with E-state index in [-0.39, 0.29) is 12.4 Å². The van der Waals surface area contributed by atoms with E-state index in [1.54, 1.807) is 0 Å². The Labute approximate surface area is 182 Å². The van der Waals surface area contributed by atoms with Crippen LogP contribution in [0.25, 0.3) is 11.4 Å². The highest BCUT2D eigenvalue weighted by Gasteiger charge is 2.14. The molecule has 0 aliphatic rings. The highest BCUT2D eigenvalue weighted by molar-refractivity contribution is 5.85. The van der Waals surface area contributed by atoms with Gasteiger partial charge in [0, 0.05) is 12.1 Å². The number of benzene rings is 1. The first kappa shape index (κ1) is 25.6. The Hall–Kier alpha value is -1.43. The lowest BCUT2D eigenvalue weighted by Gasteiger charge is -2.13. The molecule has 1 atom stereocenters. The van der Waals surface area contributed by atoms with Crippen molar-refractivity contribution in [1.82, 2.24) is 15.0 Å². The fourth-order valence-corrected chi connectivity index (χ4v) is 3.43. The van der Waals surface area contributed by atoms with Gasteiger partial charge in [-0.05, 0) is 32.5 Å². The van der Waals surface area contributed by atoms with E-state index < -0.39 is 6.10 Å². The first-order valence-electron chi connectivity index (χ1n) is 10.8. The summed E-state index contributed by atoms with van der Waals surface area (Å²) in [6.45, 7) is 2.84. The first-order valence-corrected chi connectivity index (χ1v) is 10.8. The van der Waals surface area contributed by atoms with E-state index in [4.69, 9.17) is 4.52 Å². The van der Waals surface area contributed by atoms with Gasteiger partial charge in [-0.2, -0.15) is 4.98 Å². The van der Waals surface area contributed by atoms with E-state index in [0.717, 1.165) is 12.0 Å². The molecule has 0 bridgehead atoms. The molecule has 29 heavy (non-hydrogen) atoms. The van der Waals surface area contributed by atoms with Crippen molar-refractivity contribution in [3.8, 4) is 11.4 Å². The maximum Gasteiger partial charge on any atom is 0.229 e. The van der Waals surface area contributed by atoms with Crippen LogP contribution in [-0.4, -0.2) is 46.9 Å². The van der Waals surface area contributed by atoms with Crippen molar-refractivity contribution >= 4 is 12.4 Å². The Morgan fingerprint density at radius 2 is 1.59 bits per heavy atom. The number of aryl methyl sites for hydroxylation is 1. The van der Waals surface area contributed by atoms with Gasteiger partial charge in [-0.25, -0.2) is 0 Å². The second-order valence-electron chi connectivity index (χ2n) is 8.05. The minimum atomic E-state index is -0.502. The smallest absolute Gasteiger partial charge is 0.229 e. The number of rotatable bonds is 14. The molecule has 1 N–H and O–H groups in total. The Morgan fingerprint density at radius 1 is 0.966 bits per heavy atom. The van der Waals surface area contributed by atoms with Crippen LogP contribution in [0.4, 0.5) is 0 Å². The van der Waals surface area contributed by atoms with Gasteiger partial charge in [0.05, 0.1) is 12.5 Å². The molecule has 0 aliphatic heterocycles. The monoisotopic (exact) mass is 423 g/mol. The highest BCUT2D eigenvalue weighted by atomic mass is 35.5. The molecule has 0 saturated heterocycles. The third kappa shape index (κ3) is 10.2. The number of aromatic nitrogens is 2. The van der Waals surface area contributed by atoms with Crippen LogP contribution in [0.1, 0.15) is 69.7 Å². The third-order valence-electron chi connectivity index (χ3n) is 4.99. The van der Waals surface area contributed by atoms with Crippen LogP contribution in [0.2, 0.25) is 0 Å². The molecule has 0 radical (unpaired) electrons. The maximum atomic E-state index is 9.99. The fourth-order valence-electron chi connectivity index (χ4n) is 3.43. The average Bonchev–Trinajstić information content (AvgIpc) is 3.12. The third-order valence-corrected chi connectivity index (χ3v) is 4.99. The van der Waals surface area contributed by atoms with Crippen molar-refractivity contribution < 1.29 is 9.63 Å². The van der Waals surface area contributed by atoms with Crippen molar-refractivity contribution in [2.45, 2.75) is 77.2 Å². The largest absolute Gasteiger partial charge is 0.391 e. The molecule has 5 nitrogen and oxygen atoms in total. The van der Waals surface area contributed by atoms with Crippen molar-refractivity contribution in [2.75, 3.05) is 20.6 Å². The molecular formula is C23H38ClN3O2. The standard InChI is InChI=1S/C23H37N3O2.ClH/c1-4-5-6-7-8-9-10-11-12-19-13-15-20(16-14-19)23-24-22(28-25-23)17-21(27)18-26(2)3;/h13-16,21,27H,4-12,17-18H2,1-3H3;1H. The highest BCUT2D eigenvalue weighted by Crippen LogP contribution is 2.18. The summed E-state index contributed by atoms with van der Waals surface area (Å²) in [6, 6.07) is 8.44. The van der Waals surface area contributed by atoms with Crippen molar-refractivity contribution in [2.24, 2.45) is 0 Å². The molecule has 0 amide bonds. The van der Waals surface area contributed by atoms with E-state index >= 15 is 0 Å². The summed E-state index contributed by atoms with van der Waals surface area (Å²) >= 11 is 0. The number of likely N-dealkylation sites (N-methyl/N-ethyl adjacent to an activating group) is 1. The zero-order valence-corrected chi connectivity index (χ0v) is 19.1. The van der Waals surface area contributed by atoms with Crippen molar-refractivity contribution in [3.05, 3.63) is 35.7 Å². The van der Waals surface area contributed by atoms with Gasteiger partial charge in [0.15, 0.2) is 0 Å². The summed E-state index contributed by atoms with van der Waals surface area (Å²) in [5.74, 6) is 1.07. The molecule has 0 fully saturated rings. The molecule has 0 saturated carbocycles. The number of unbranched alkanes of at least 4 members (excludes halogenated alkanes) is 7. The number of aliphatic hydroxyl groups is 1. The normalized spacial score (nSPS) is 12.2. The minimum absolute atomic E-state index is 0. The van der Waals surface area contributed by atoms with Gasteiger partial charge in [0.25, 0.3) is 0 Å². The van der Waals surface area contributed by atoms with Crippen LogP contribution >= 0.6 is 12.4 Å². The van der Waals surface area contributed by atoms with Crippen LogP contribution in [0.5, 0.6) is 0 Å². The Morgan fingerprint density at radius 3 is 2.21 bits per heavy atom. The van der Waals surface area contributed by atoms with E-state index in [1.165, 1.54) is 56.9 Å². The van der Waals surface area contributed by atoms with Gasteiger partial charge < -0.3 is 14.5 Å². The Bertz CT molecular complexity index is 658. The summed E-state index contributed by atoms with van der Waals surface area (Å²) in [5, 5.41) is 14.0. The zero-order valence-electron chi connectivity index (χ0n) is 18.3. The van der Waals surface area contributed by atoms with E-state index in [2.05, 4.69) is 41.3 Å². The molecule has 2 rings (SSSR count). The van der Waals surface area contributed by atoms with E-state index in [9.17, 15) is 5.11 Å². The van der Waals surface area contributed by atoms with Crippen LogP contribution < -0.4 is 0 Å². The second-order valence-corrected chi connectivity index (χ2v) is 8.05. The Kier molecular flexibility index (Phi) is 12.8. The first-order chi connectivity index (χ1) is 13.6. The lowest BCUT2D eigenvalue weighted by Crippen LogP contribution is -2.27. The van der Waals surface area contributed by atoms with Crippen molar-refractivity contribution in [1.29, 1.82) is 0 Å². The lowest BCUT2D eigenvalue weighted by atomic mass is 10.0. The van der Waals surface area contributed by atoms with Crippen LogP contribution in [0.15, 0.2) is 28.8 Å². The molecule has 1 heterocycles. The summed E-state index contributed by atoms with van der Waals surface area (Å²) in [5.41, 5.74) is 2.32. The van der Waals surface area contributed by atoms with Gasteiger partial charge in [-0.1, -0.05) is 81.3 Å². The average molecular weight is 424 g/mol. The molecule has 0 spiro atoms. The summed E-state index contributed by atoms with van der Waals surface area (Å²) in [4.78, 5) is 6.36. The van der Waals surface area contributed by atoms with Gasteiger partial charge in [0.1, 0.15) is 0 Å². The van der Waals surface area contributed by atoms with Gasteiger partial charge in [-0.15, -0.1) is 12.4 Å². The molecule has 1 aromatic heterocycles. The number of hydrogen-bond acceptors (Lipinski definition) is 5. The van der Waals surface area contributed by atoms with Gasteiger partial charge in [-0.3, -0.25) is 0 Å². The van der Waals surface area contributed by atoms with E-state index in [0.29, 0.717) is 24.7 Å². The number of halogens is 1. The molecular weight excluding hydrogens is 386 g/mol. The lowest BCUT2D eigenvalue weighted by molar-refractivity contribution is 0.127. The number of nitrogens with zero attached hydrogens (tertiary/aromatic N) is 3. The maximum absolute atomic E-state index is 9.99. The molecule has 6 heteroatoms. The SMILES string of the molecule is CCCCCCCCCCc1ccc(-c2noc(CC(O)CN(C)C)n2)cc1.Cl. The molecule has 164 valence electrons. The van der Waals surface area contributed by atoms with Gasteiger partial charge in [0.2, 0.25) is 11.7 Å². The number of hydrogen-bond donors (Lipinski definition) is 1. The summed E-state index contributed by atoms with van der Waals surface area (Å²) in [6.07, 6.45) is 11.8. The molecule has 2 aromatic rings. The predicted molar refractivity (Wildman–Crippen MR) is 122 cm³/mol. The predicted octanol–water partition coefficient (Wildman–Crippen LogP) is 5.31. The fraction of sp³-hybridized carbons (Fsp3) is 0.652. The number of aliphatic hydroxyl groups excluding tert-OH is 1. The molecule has 0 aliphatic carbocycles. The van der Waals surface area contributed by atoms with Crippen LogP contribution in [0, 0.1) is 0 Å². The quantitative estimate of drug-likeness (QED) is 0.417. The second kappa shape index (κ2) is 14.5. The van der Waals surface area contributed by atoms with Crippen LogP contribution in [0.3, 0.4) is 0 Å². The zero-order chi connectivity index (χ0) is 20.2. The summed E-state index contributed by atoms with van der Waals surface area (Å²) in [7, 11) is 3.86. The topological polar surface area (TPSA) is 62.4 Å². The van der Waals surface area contributed by atoms with Gasteiger partial charge >= 0.3 is 0 Å². The molecule has 1 unspecified atom stereocenters. The minimum Gasteiger partial charge on any atom is -0.391 e. The van der Waals surface area contributed by atoms with E-state index in [1.807, 2.05) is 19.0 Å². The molecule has 1 aromatic carbocycles. The van der Waals surface area contributed by atoms with Crippen molar-refractivity contribution in [3.63, 3.8) is 0 Å². The van der Waals surface area contributed by atoms with Crippen LogP contribution in [-0.2, 0) is 12.8 Å². The Balaban J connectivity index is 0.00000420.